The van der Waals surface area contributed by atoms with Crippen LogP contribution in [0.15, 0.2) is 12.7 Å². The Hall–Kier alpha value is -2.68. The van der Waals surface area contributed by atoms with Crippen LogP contribution in [0, 0.1) is 28.1 Å². The number of nitrogens with one attached hydrogen (secondary N) is 4. The highest BCUT2D eigenvalue weighted by molar-refractivity contribution is 7.86. The number of likely N-dealkylation sites (N-methyl/N-ethyl adjacent to an activating group) is 1. The van der Waals surface area contributed by atoms with Crippen LogP contribution in [-0.4, -0.2) is 112 Å². The minimum atomic E-state index is -1.33. The molecular weight excluding hydrogens is 659 g/mol. The van der Waals surface area contributed by atoms with E-state index in [1.165, 1.54) is 6.08 Å². The fourth-order valence-electron chi connectivity index (χ4n) is 7.26. The van der Waals surface area contributed by atoms with Crippen molar-refractivity contribution in [3.63, 3.8) is 0 Å². The Bertz CT molecular complexity index is 1260. The SMILES string of the molecule is C=CCNC(=O)C(=O)C(CCC)NC(=O)[C@@H]1[C@@H]2[C@H](CN1C(=O)[C@@H](NC(=O)N[C@H](CN(C)[S+]([O-])N1CCCCC1)C(C)(C)C)C(C)(C)C)C2(C)C. The molecule has 7 atom stereocenters. The third kappa shape index (κ3) is 10.0. The van der Waals surface area contributed by atoms with Crippen LogP contribution in [-0.2, 0) is 30.7 Å². The lowest BCUT2D eigenvalue weighted by Crippen LogP contribution is -2.63. The average Bonchev–Trinajstić information content (AvgIpc) is 3.34. The number of ketones is 1. The number of carbonyl (C=O) groups excluding carboxylic acids is 5. The van der Waals surface area contributed by atoms with Gasteiger partial charge in [0, 0.05) is 33.2 Å². The molecule has 1 aliphatic carbocycles. The van der Waals surface area contributed by atoms with Gasteiger partial charge >= 0.3 is 6.03 Å². The summed E-state index contributed by atoms with van der Waals surface area (Å²) in [6, 6.07) is -3.79. The van der Waals surface area contributed by atoms with Gasteiger partial charge in [-0.3, -0.25) is 19.2 Å². The van der Waals surface area contributed by atoms with E-state index < -0.39 is 64.8 Å². The number of nitrogens with zero attached hydrogens (tertiary/aromatic N) is 3. The van der Waals surface area contributed by atoms with E-state index in [9.17, 15) is 28.5 Å². The van der Waals surface area contributed by atoms with Crippen LogP contribution in [0.3, 0.4) is 0 Å². The van der Waals surface area contributed by atoms with E-state index in [2.05, 4.69) is 41.7 Å². The second kappa shape index (κ2) is 16.8. The highest BCUT2D eigenvalue weighted by Gasteiger charge is 2.70. The van der Waals surface area contributed by atoms with E-state index in [0.29, 0.717) is 19.5 Å². The van der Waals surface area contributed by atoms with Crippen LogP contribution in [0.2, 0.25) is 0 Å². The smallest absolute Gasteiger partial charge is 0.315 e. The van der Waals surface area contributed by atoms with Crippen LogP contribution < -0.4 is 21.3 Å². The van der Waals surface area contributed by atoms with E-state index in [0.717, 1.165) is 32.4 Å². The molecule has 13 nitrogen and oxygen atoms in total. The first-order chi connectivity index (χ1) is 23.2. The van der Waals surface area contributed by atoms with Crippen LogP contribution in [0.25, 0.3) is 0 Å². The Morgan fingerprint density at radius 2 is 1.62 bits per heavy atom. The Balaban J connectivity index is 1.78. The van der Waals surface area contributed by atoms with Gasteiger partial charge < -0.3 is 30.7 Å². The first-order valence-corrected chi connectivity index (χ1v) is 19.2. The van der Waals surface area contributed by atoms with E-state index >= 15 is 0 Å². The maximum atomic E-state index is 14.4. The van der Waals surface area contributed by atoms with Crippen molar-refractivity contribution in [2.75, 3.05) is 39.8 Å². The summed E-state index contributed by atoms with van der Waals surface area (Å²) in [7, 11) is 1.79. The summed E-state index contributed by atoms with van der Waals surface area (Å²) in [6.07, 6.45) is 5.44. The summed E-state index contributed by atoms with van der Waals surface area (Å²) in [4.78, 5) is 69.2. The molecule has 2 heterocycles. The fourth-order valence-corrected chi connectivity index (χ4v) is 8.50. The normalized spacial score (nSPS) is 24.3. The Kier molecular flexibility index (Phi) is 14.0. The van der Waals surface area contributed by atoms with Crippen molar-refractivity contribution in [3.8, 4) is 0 Å². The predicted molar refractivity (Wildman–Crippen MR) is 196 cm³/mol. The van der Waals surface area contributed by atoms with E-state index in [4.69, 9.17) is 0 Å². The summed E-state index contributed by atoms with van der Waals surface area (Å²) in [5.74, 6) is -2.45. The van der Waals surface area contributed by atoms with E-state index in [1.807, 2.05) is 52.8 Å². The van der Waals surface area contributed by atoms with E-state index in [1.54, 1.807) is 16.3 Å². The largest absolute Gasteiger partial charge is 0.578 e. The van der Waals surface area contributed by atoms with Gasteiger partial charge in [-0.2, -0.15) is 0 Å². The van der Waals surface area contributed by atoms with Gasteiger partial charge in [-0.15, -0.1) is 15.2 Å². The predicted octanol–water partition coefficient (Wildman–Crippen LogP) is 2.75. The molecule has 0 aromatic carbocycles. The number of carbonyl (C=O) groups is 5. The van der Waals surface area contributed by atoms with Crippen LogP contribution in [0.4, 0.5) is 4.79 Å². The summed E-state index contributed by atoms with van der Waals surface area (Å²) in [5, 5.41) is 11.3. The van der Waals surface area contributed by atoms with Crippen LogP contribution in [0.5, 0.6) is 0 Å². The number of hydrogen-bond donors (Lipinski definition) is 4. The molecule has 2 unspecified atom stereocenters. The fraction of sp³-hybridized carbons (Fsp3) is 0.806. The Labute approximate surface area is 302 Å². The maximum Gasteiger partial charge on any atom is 0.315 e. The molecule has 0 aromatic rings. The number of likely N-dealkylation sites (tertiary alicyclic amines) is 1. The van der Waals surface area contributed by atoms with Gasteiger partial charge in [0.25, 0.3) is 5.91 Å². The highest BCUT2D eigenvalue weighted by Crippen LogP contribution is 2.65. The molecule has 0 radical (unpaired) electrons. The lowest BCUT2D eigenvalue weighted by atomic mass is 9.85. The van der Waals surface area contributed by atoms with Gasteiger partial charge in [-0.25, -0.2) is 4.79 Å². The lowest BCUT2D eigenvalue weighted by Gasteiger charge is -2.39. The topological polar surface area (TPSA) is 166 Å². The number of amides is 5. The molecule has 3 fully saturated rings. The summed E-state index contributed by atoms with van der Waals surface area (Å²) in [5.41, 5.74) is -1.29. The molecule has 4 N–H and O–H groups in total. The lowest BCUT2D eigenvalue weighted by molar-refractivity contribution is -0.145. The van der Waals surface area contributed by atoms with Gasteiger partial charge in [0.2, 0.25) is 17.6 Å². The monoisotopic (exact) mass is 721 g/mol. The number of fused-ring (bicyclic) bond motifs is 1. The molecular formula is C36H63N7O6S. The highest BCUT2D eigenvalue weighted by atomic mass is 32.2. The molecule has 50 heavy (non-hydrogen) atoms. The third-order valence-electron chi connectivity index (χ3n) is 10.6. The quantitative estimate of drug-likeness (QED) is 0.114. The first-order valence-electron chi connectivity index (χ1n) is 18.2. The second-order valence-electron chi connectivity index (χ2n) is 17.0. The average molecular weight is 722 g/mol. The summed E-state index contributed by atoms with van der Waals surface area (Å²) < 4.78 is 17.0. The molecule has 3 aliphatic rings. The minimum absolute atomic E-state index is 0.0782. The van der Waals surface area contributed by atoms with Crippen molar-refractivity contribution >= 4 is 41.1 Å². The van der Waals surface area contributed by atoms with Crippen molar-refractivity contribution in [2.24, 2.45) is 28.1 Å². The number of urea groups is 1. The van der Waals surface area contributed by atoms with Gasteiger partial charge in [0.1, 0.15) is 23.6 Å². The standard InChI is InChI=1S/C36H63N7O6S/c1-12-17-24(28(44)31(46)37-18-13-2)38-30(45)27-26-23(36(26,9)10)21-43(27)32(47)29(35(6,7)8)40-33(48)39-25(34(3,4)5)22-41(11)50(49)42-19-15-14-16-20-42/h13,23-27,29H,2,12,14-22H2,1,3-11H3,(H,37,46)(H,38,45)(H2,39,40,48)/t23-,24?,25+,26-,27-,29+,50?/m0/s1. The van der Waals surface area contributed by atoms with Crippen molar-refractivity contribution in [1.29, 1.82) is 0 Å². The van der Waals surface area contributed by atoms with Crippen molar-refractivity contribution in [2.45, 2.75) is 119 Å². The van der Waals surface area contributed by atoms with Gasteiger partial charge in [0.05, 0.1) is 18.6 Å². The number of rotatable bonds is 15. The molecule has 0 spiro atoms. The van der Waals surface area contributed by atoms with Gasteiger partial charge in [-0.1, -0.05) is 81.2 Å². The molecule has 5 amide bonds. The molecule has 1 saturated carbocycles. The number of hydrogen-bond acceptors (Lipinski definition) is 8. The molecule has 2 saturated heterocycles. The second-order valence-corrected chi connectivity index (χ2v) is 18.6. The van der Waals surface area contributed by atoms with Crippen molar-refractivity contribution in [3.05, 3.63) is 12.7 Å². The number of Topliss-reactive ketones (excluding diaryl/α,β-unsaturated/α-hetero) is 1. The van der Waals surface area contributed by atoms with Crippen LogP contribution >= 0.6 is 0 Å². The Morgan fingerprint density at radius 1 is 1.00 bits per heavy atom. The molecule has 0 aromatic heterocycles. The van der Waals surface area contributed by atoms with Gasteiger partial charge in [-0.05, 0) is 47.3 Å². The number of piperidine rings is 2. The molecule has 3 rings (SSSR count). The third-order valence-corrected chi connectivity index (χ3v) is 12.1. The Morgan fingerprint density at radius 3 is 2.16 bits per heavy atom. The molecule has 2 aliphatic heterocycles. The van der Waals surface area contributed by atoms with Crippen LogP contribution in [0.1, 0.15) is 94.4 Å². The first kappa shape index (κ1) is 41.7. The van der Waals surface area contributed by atoms with Crippen molar-refractivity contribution in [1.82, 2.24) is 34.8 Å². The summed E-state index contributed by atoms with van der Waals surface area (Å²) in [6.45, 7) is 23.5. The molecule has 284 valence electrons. The molecule has 0 bridgehead atoms. The zero-order valence-electron chi connectivity index (χ0n) is 32.0. The zero-order valence-corrected chi connectivity index (χ0v) is 32.8. The zero-order chi connectivity index (χ0) is 37.8. The molecule has 14 heteroatoms. The van der Waals surface area contributed by atoms with Crippen molar-refractivity contribution < 1.29 is 28.5 Å². The minimum Gasteiger partial charge on any atom is -0.578 e. The van der Waals surface area contributed by atoms with E-state index in [-0.39, 0.29) is 41.5 Å². The summed E-state index contributed by atoms with van der Waals surface area (Å²) >= 11 is -1.33. The maximum absolute atomic E-state index is 14.4. The van der Waals surface area contributed by atoms with Gasteiger partial charge in [0.15, 0.2) is 0 Å².